The molecule has 1 amide bonds. The summed E-state index contributed by atoms with van der Waals surface area (Å²) in [6.07, 6.45) is 2.15. The molecule has 7 nitrogen and oxygen atoms in total. The second-order valence-electron chi connectivity index (χ2n) is 7.87. The topological polar surface area (TPSA) is 70.7 Å². The average molecular weight is 435 g/mol. The largest absolute Gasteiger partial charge is 0.497 e. The van der Waals surface area contributed by atoms with Crippen LogP contribution in [0.15, 0.2) is 54.6 Å². The summed E-state index contributed by atoms with van der Waals surface area (Å²) in [7, 11) is 1.67. The molecule has 1 fully saturated rings. The maximum absolute atomic E-state index is 13.0. The quantitative estimate of drug-likeness (QED) is 0.538. The van der Waals surface area contributed by atoms with Crippen LogP contribution in [0.2, 0.25) is 0 Å². The van der Waals surface area contributed by atoms with E-state index in [2.05, 4.69) is 28.1 Å². The minimum atomic E-state index is -0.0199. The van der Waals surface area contributed by atoms with Gasteiger partial charge in [0, 0.05) is 43.5 Å². The van der Waals surface area contributed by atoms with E-state index in [0.29, 0.717) is 18.8 Å². The first kappa shape index (κ1) is 21.7. The number of benzene rings is 2. The Morgan fingerprint density at radius 1 is 1.03 bits per heavy atom. The Labute approximate surface area is 188 Å². The molecular formula is C25H30N4O3. The van der Waals surface area contributed by atoms with Crippen LogP contribution in [0.4, 0.5) is 5.69 Å². The number of nitrogens with zero attached hydrogens (tertiary/aromatic N) is 3. The van der Waals surface area contributed by atoms with E-state index in [0.717, 1.165) is 61.0 Å². The van der Waals surface area contributed by atoms with Crippen LogP contribution in [0, 0.1) is 0 Å². The third-order valence-corrected chi connectivity index (χ3v) is 5.71. The van der Waals surface area contributed by atoms with E-state index in [1.54, 1.807) is 7.11 Å². The van der Waals surface area contributed by atoms with Crippen LogP contribution in [0.3, 0.4) is 0 Å². The fourth-order valence-electron chi connectivity index (χ4n) is 3.78. The van der Waals surface area contributed by atoms with Gasteiger partial charge in [0.25, 0.3) is 5.91 Å². The van der Waals surface area contributed by atoms with Crippen molar-refractivity contribution in [2.45, 2.75) is 19.8 Å². The van der Waals surface area contributed by atoms with Crippen LogP contribution in [0.1, 0.15) is 30.3 Å². The zero-order valence-electron chi connectivity index (χ0n) is 18.7. The van der Waals surface area contributed by atoms with E-state index in [4.69, 9.17) is 9.47 Å². The molecule has 1 aliphatic heterocycles. The predicted octanol–water partition coefficient (Wildman–Crippen LogP) is 4.23. The smallest absolute Gasteiger partial charge is 0.272 e. The first-order valence-corrected chi connectivity index (χ1v) is 11.1. The molecule has 0 unspecified atom stereocenters. The third kappa shape index (κ3) is 5.04. The second-order valence-corrected chi connectivity index (χ2v) is 7.87. The number of anilines is 1. The SMILES string of the molecule is CCCCOc1ccc(-c2cc(C(=O)N3CCN(c4cccc(OC)c4)CC3)[nH]n2)cc1. The molecule has 0 spiro atoms. The van der Waals surface area contributed by atoms with Crippen molar-refractivity contribution in [1.29, 1.82) is 0 Å². The number of ether oxygens (including phenoxy) is 2. The van der Waals surface area contributed by atoms with Crippen molar-refractivity contribution in [2.75, 3.05) is 44.8 Å². The van der Waals surface area contributed by atoms with Gasteiger partial charge in [0.05, 0.1) is 19.4 Å². The van der Waals surface area contributed by atoms with Gasteiger partial charge in [0.1, 0.15) is 17.2 Å². The molecule has 7 heteroatoms. The monoisotopic (exact) mass is 434 g/mol. The van der Waals surface area contributed by atoms with E-state index in [1.807, 2.05) is 53.4 Å². The number of hydrogen-bond acceptors (Lipinski definition) is 5. The van der Waals surface area contributed by atoms with Crippen LogP contribution in [0.5, 0.6) is 11.5 Å². The zero-order valence-corrected chi connectivity index (χ0v) is 18.7. The summed E-state index contributed by atoms with van der Waals surface area (Å²) in [5.41, 5.74) is 3.33. The van der Waals surface area contributed by atoms with Gasteiger partial charge in [-0.2, -0.15) is 5.10 Å². The Kier molecular flexibility index (Phi) is 6.94. The van der Waals surface area contributed by atoms with Crippen LogP contribution >= 0.6 is 0 Å². The molecule has 4 rings (SSSR count). The predicted molar refractivity (Wildman–Crippen MR) is 126 cm³/mol. The van der Waals surface area contributed by atoms with E-state index in [-0.39, 0.29) is 5.91 Å². The molecule has 1 aliphatic rings. The number of carbonyl (C=O) groups is 1. The van der Waals surface area contributed by atoms with Crippen molar-refractivity contribution in [3.05, 3.63) is 60.3 Å². The second kappa shape index (κ2) is 10.2. The van der Waals surface area contributed by atoms with Crippen molar-refractivity contribution < 1.29 is 14.3 Å². The summed E-state index contributed by atoms with van der Waals surface area (Å²) in [6.45, 7) is 5.74. The minimum absolute atomic E-state index is 0.0199. The highest BCUT2D eigenvalue weighted by atomic mass is 16.5. The van der Waals surface area contributed by atoms with Gasteiger partial charge in [0.2, 0.25) is 0 Å². The number of amides is 1. The molecule has 0 bridgehead atoms. The summed E-state index contributed by atoms with van der Waals surface area (Å²) >= 11 is 0. The van der Waals surface area contributed by atoms with Crippen LogP contribution in [-0.2, 0) is 0 Å². The van der Waals surface area contributed by atoms with Crippen molar-refractivity contribution in [2.24, 2.45) is 0 Å². The first-order chi connectivity index (χ1) is 15.7. The number of aromatic nitrogens is 2. The van der Waals surface area contributed by atoms with Gasteiger partial charge in [0.15, 0.2) is 0 Å². The third-order valence-electron chi connectivity index (χ3n) is 5.71. The molecule has 1 N–H and O–H groups in total. The molecule has 0 aliphatic carbocycles. The fourth-order valence-corrected chi connectivity index (χ4v) is 3.78. The molecule has 2 heterocycles. The molecule has 168 valence electrons. The number of nitrogens with one attached hydrogen (secondary N) is 1. The van der Waals surface area contributed by atoms with E-state index in [1.165, 1.54) is 0 Å². The van der Waals surface area contributed by atoms with Crippen LogP contribution in [0.25, 0.3) is 11.3 Å². The normalized spacial score (nSPS) is 13.8. The molecule has 3 aromatic rings. The number of piperazine rings is 1. The number of methoxy groups -OCH3 is 1. The highest BCUT2D eigenvalue weighted by Crippen LogP contribution is 2.24. The van der Waals surface area contributed by atoms with E-state index >= 15 is 0 Å². The lowest BCUT2D eigenvalue weighted by Gasteiger charge is -2.36. The minimum Gasteiger partial charge on any atom is -0.497 e. The summed E-state index contributed by atoms with van der Waals surface area (Å²) in [6, 6.07) is 17.7. The molecule has 0 atom stereocenters. The maximum Gasteiger partial charge on any atom is 0.272 e. The zero-order chi connectivity index (χ0) is 22.3. The number of aromatic amines is 1. The van der Waals surface area contributed by atoms with Gasteiger partial charge in [-0.15, -0.1) is 0 Å². The Bertz CT molecular complexity index is 1020. The number of carbonyl (C=O) groups excluding carboxylic acids is 1. The number of H-pyrrole nitrogens is 1. The van der Waals surface area contributed by atoms with Gasteiger partial charge < -0.3 is 19.3 Å². The average Bonchev–Trinajstić information content (AvgIpc) is 3.35. The first-order valence-electron chi connectivity index (χ1n) is 11.1. The van der Waals surface area contributed by atoms with E-state index < -0.39 is 0 Å². The Morgan fingerprint density at radius 3 is 2.53 bits per heavy atom. The highest BCUT2D eigenvalue weighted by Gasteiger charge is 2.24. The van der Waals surface area contributed by atoms with Crippen LogP contribution < -0.4 is 14.4 Å². The molecule has 1 saturated heterocycles. The molecule has 32 heavy (non-hydrogen) atoms. The maximum atomic E-state index is 13.0. The van der Waals surface area contributed by atoms with Crippen molar-refractivity contribution in [3.63, 3.8) is 0 Å². The standard InChI is InChI=1S/C25H30N4O3/c1-3-4-16-32-21-10-8-19(9-11-21)23-18-24(27-26-23)25(30)29-14-12-28(13-15-29)20-6-5-7-22(17-20)31-2/h5-11,17-18H,3-4,12-16H2,1-2H3,(H,26,27). The highest BCUT2D eigenvalue weighted by molar-refractivity contribution is 5.93. The lowest BCUT2D eigenvalue weighted by atomic mass is 10.1. The summed E-state index contributed by atoms with van der Waals surface area (Å²) < 4.78 is 11.0. The molecule has 2 aromatic carbocycles. The number of hydrogen-bond donors (Lipinski definition) is 1. The Hall–Kier alpha value is -3.48. The Balaban J connectivity index is 1.35. The number of rotatable bonds is 8. The van der Waals surface area contributed by atoms with Crippen molar-refractivity contribution in [1.82, 2.24) is 15.1 Å². The summed E-state index contributed by atoms with van der Waals surface area (Å²) in [5.74, 6) is 1.67. The lowest BCUT2D eigenvalue weighted by Crippen LogP contribution is -2.48. The number of unbranched alkanes of at least 4 members (excludes halogenated alkanes) is 1. The van der Waals surface area contributed by atoms with Gasteiger partial charge in [-0.25, -0.2) is 0 Å². The summed E-state index contributed by atoms with van der Waals surface area (Å²) in [4.78, 5) is 17.1. The van der Waals surface area contributed by atoms with Crippen LogP contribution in [-0.4, -0.2) is 60.9 Å². The Morgan fingerprint density at radius 2 is 1.81 bits per heavy atom. The van der Waals surface area contributed by atoms with Crippen molar-refractivity contribution >= 4 is 11.6 Å². The molecule has 1 aromatic heterocycles. The van der Waals surface area contributed by atoms with E-state index in [9.17, 15) is 4.79 Å². The van der Waals surface area contributed by atoms with Gasteiger partial charge in [-0.1, -0.05) is 19.4 Å². The lowest BCUT2D eigenvalue weighted by molar-refractivity contribution is 0.0741. The molecule has 0 saturated carbocycles. The molecular weight excluding hydrogens is 404 g/mol. The van der Waals surface area contributed by atoms with Gasteiger partial charge in [-0.05, 0) is 48.9 Å². The van der Waals surface area contributed by atoms with Gasteiger partial charge in [-0.3, -0.25) is 9.89 Å². The molecule has 0 radical (unpaired) electrons. The summed E-state index contributed by atoms with van der Waals surface area (Å²) in [5, 5.41) is 7.26. The van der Waals surface area contributed by atoms with Crippen molar-refractivity contribution in [3.8, 4) is 22.8 Å². The fraction of sp³-hybridized carbons (Fsp3) is 0.360. The van der Waals surface area contributed by atoms with Gasteiger partial charge >= 0.3 is 0 Å².